The number of imidazole rings is 1. The average molecular weight is 520 g/mol. The van der Waals surface area contributed by atoms with E-state index in [-0.39, 0.29) is 30.6 Å². The van der Waals surface area contributed by atoms with Crippen LogP contribution in [0.1, 0.15) is 42.6 Å². The number of carbonyl (C=O) groups excluding carboxylic acids is 1. The van der Waals surface area contributed by atoms with Crippen LogP contribution < -0.4 is 15.4 Å². The zero-order valence-electron chi connectivity index (χ0n) is 20.6. The van der Waals surface area contributed by atoms with Crippen LogP contribution in [0.3, 0.4) is 0 Å². The second-order valence-corrected chi connectivity index (χ2v) is 9.66. The fourth-order valence-electron chi connectivity index (χ4n) is 3.48. The minimum atomic E-state index is -4.10. The number of amides is 1. The Morgan fingerprint density at radius 1 is 1.30 bits per heavy atom. The van der Waals surface area contributed by atoms with Gasteiger partial charge in [0.1, 0.15) is 12.9 Å². The predicted octanol–water partition coefficient (Wildman–Crippen LogP) is 3.60. The highest BCUT2D eigenvalue weighted by atomic mass is 19.3. The first-order chi connectivity index (χ1) is 17.4. The van der Waals surface area contributed by atoms with Gasteiger partial charge in [-0.05, 0) is 51.3 Å². The number of hydrogen-bond acceptors (Lipinski definition) is 7. The summed E-state index contributed by atoms with van der Waals surface area (Å²) in [4.78, 5) is 16.9. The molecule has 4 N–H and O–H groups in total. The fraction of sp³-hybridized carbons (Fsp3) is 0.400. The third kappa shape index (κ3) is 6.20. The molecule has 37 heavy (non-hydrogen) atoms. The van der Waals surface area contributed by atoms with Gasteiger partial charge in [-0.1, -0.05) is 6.07 Å². The maximum absolute atomic E-state index is 13.8. The van der Waals surface area contributed by atoms with Gasteiger partial charge in [-0.25, -0.2) is 13.9 Å². The van der Waals surface area contributed by atoms with Gasteiger partial charge in [0.25, 0.3) is 5.91 Å². The van der Waals surface area contributed by atoms with E-state index in [4.69, 9.17) is 9.84 Å². The molecule has 0 unspecified atom stereocenters. The quantitative estimate of drug-likeness (QED) is 0.302. The highest BCUT2D eigenvalue weighted by molar-refractivity contribution is 5.96. The predicted molar refractivity (Wildman–Crippen MR) is 130 cm³/mol. The lowest BCUT2D eigenvalue weighted by Crippen LogP contribution is -2.29. The molecule has 1 aromatic carbocycles. The molecule has 0 bridgehead atoms. The highest BCUT2D eigenvalue weighted by Gasteiger charge is 2.35. The Hall–Kier alpha value is -3.64. The van der Waals surface area contributed by atoms with Gasteiger partial charge in [-0.15, -0.1) is 5.10 Å². The molecule has 2 heterocycles. The standard InChI is InChI=1S/C25H28F3N5O4/c1-14-8-15(4-7-17(14)23(35)31-16-5-6-16)19-10-29-22-18(30-12-24(2,3)36)9-21(32-33(19)22)37-11-20(26)25(27,28)13-34/h4,7-11,16,30,34,36H,5-6,12-13H2,1-3H3,(H,31,35)/b20-11-. The van der Waals surface area contributed by atoms with Gasteiger partial charge >= 0.3 is 5.92 Å². The summed E-state index contributed by atoms with van der Waals surface area (Å²) < 4.78 is 47.0. The number of ether oxygens (including phenoxy) is 1. The number of halogens is 3. The summed E-state index contributed by atoms with van der Waals surface area (Å²) in [5.41, 5.74) is 2.02. The Bertz CT molecular complexity index is 1350. The van der Waals surface area contributed by atoms with Crippen molar-refractivity contribution in [1.82, 2.24) is 19.9 Å². The molecule has 0 spiro atoms. The molecule has 3 aromatic rings. The van der Waals surface area contributed by atoms with Crippen molar-refractivity contribution < 1.29 is 32.9 Å². The molecule has 1 fully saturated rings. The van der Waals surface area contributed by atoms with Gasteiger partial charge in [0.05, 0.1) is 23.2 Å². The fourth-order valence-corrected chi connectivity index (χ4v) is 3.48. The molecule has 1 aliphatic rings. The maximum Gasteiger partial charge on any atom is 0.324 e. The van der Waals surface area contributed by atoms with E-state index < -0.39 is 24.0 Å². The molecule has 0 radical (unpaired) electrons. The van der Waals surface area contributed by atoms with Crippen molar-refractivity contribution in [2.75, 3.05) is 18.5 Å². The topological polar surface area (TPSA) is 121 Å². The molecule has 1 aliphatic carbocycles. The second kappa shape index (κ2) is 10.0. The van der Waals surface area contributed by atoms with E-state index in [0.29, 0.717) is 28.2 Å². The van der Waals surface area contributed by atoms with Crippen LogP contribution in [-0.4, -0.2) is 61.4 Å². The molecule has 4 rings (SSSR count). The monoisotopic (exact) mass is 519 g/mol. The van der Waals surface area contributed by atoms with Crippen molar-refractivity contribution in [3.63, 3.8) is 0 Å². The van der Waals surface area contributed by atoms with E-state index >= 15 is 0 Å². The summed E-state index contributed by atoms with van der Waals surface area (Å²) in [6.07, 6.45) is 3.66. The number of aryl methyl sites for hydroxylation is 1. The molecule has 9 nitrogen and oxygen atoms in total. The van der Waals surface area contributed by atoms with E-state index in [9.17, 15) is 23.1 Å². The number of carbonyl (C=O) groups is 1. The molecule has 0 aliphatic heterocycles. The Morgan fingerprint density at radius 3 is 2.65 bits per heavy atom. The van der Waals surface area contributed by atoms with Gasteiger partial charge in [0.15, 0.2) is 5.65 Å². The van der Waals surface area contributed by atoms with Crippen molar-refractivity contribution in [1.29, 1.82) is 0 Å². The zero-order chi connectivity index (χ0) is 27.0. The number of benzene rings is 1. The van der Waals surface area contributed by atoms with Crippen LogP contribution in [0.2, 0.25) is 0 Å². The van der Waals surface area contributed by atoms with Crippen molar-refractivity contribution in [2.45, 2.75) is 51.2 Å². The first-order valence-corrected chi connectivity index (χ1v) is 11.7. The molecule has 12 heteroatoms. The van der Waals surface area contributed by atoms with Crippen LogP contribution in [-0.2, 0) is 0 Å². The smallest absolute Gasteiger partial charge is 0.324 e. The van der Waals surface area contributed by atoms with Crippen LogP contribution in [0.5, 0.6) is 5.88 Å². The first kappa shape index (κ1) is 26.4. The lowest BCUT2D eigenvalue weighted by Gasteiger charge is -2.19. The van der Waals surface area contributed by atoms with Crippen LogP contribution in [0.4, 0.5) is 18.9 Å². The number of alkyl halides is 2. The summed E-state index contributed by atoms with van der Waals surface area (Å²) in [7, 11) is 0. The van der Waals surface area contributed by atoms with Crippen LogP contribution in [0, 0.1) is 6.92 Å². The molecular formula is C25H28F3N5O4. The van der Waals surface area contributed by atoms with E-state index in [1.165, 1.54) is 16.8 Å². The SMILES string of the molecule is Cc1cc(-c2cnc3c(NCC(C)(C)O)cc(O/C=C(\F)C(F)(F)CO)nn23)ccc1C(=O)NC1CC1. The number of nitrogens with one attached hydrogen (secondary N) is 2. The maximum atomic E-state index is 13.8. The third-order valence-electron chi connectivity index (χ3n) is 5.67. The number of nitrogens with zero attached hydrogens (tertiary/aromatic N) is 3. The highest BCUT2D eigenvalue weighted by Crippen LogP contribution is 2.30. The number of aliphatic hydroxyl groups excluding tert-OH is 1. The Labute approximate surface area is 211 Å². The minimum Gasteiger partial charge on any atom is -0.442 e. The summed E-state index contributed by atoms with van der Waals surface area (Å²) in [5, 5.41) is 29.0. The van der Waals surface area contributed by atoms with Gasteiger partial charge < -0.3 is 25.6 Å². The number of aromatic nitrogens is 3. The Kier molecular flexibility index (Phi) is 7.16. The van der Waals surface area contributed by atoms with Crippen molar-refractivity contribution in [3.05, 3.63) is 53.7 Å². The summed E-state index contributed by atoms with van der Waals surface area (Å²) in [6.45, 7) is 3.37. The van der Waals surface area contributed by atoms with Gasteiger partial charge in [-0.3, -0.25) is 4.79 Å². The van der Waals surface area contributed by atoms with Crippen molar-refractivity contribution in [2.24, 2.45) is 0 Å². The summed E-state index contributed by atoms with van der Waals surface area (Å²) in [6, 6.07) is 6.78. The van der Waals surface area contributed by atoms with E-state index in [1.807, 2.05) is 6.92 Å². The van der Waals surface area contributed by atoms with E-state index in [0.717, 1.165) is 18.4 Å². The average Bonchev–Trinajstić information content (AvgIpc) is 3.55. The molecule has 2 aromatic heterocycles. The van der Waals surface area contributed by atoms with Crippen molar-refractivity contribution >= 4 is 17.2 Å². The third-order valence-corrected chi connectivity index (χ3v) is 5.67. The van der Waals surface area contributed by atoms with Gasteiger partial charge in [0.2, 0.25) is 11.7 Å². The van der Waals surface area contributed by atoms with Gasteiger partial charge in [-0.2, -0.15) is 8.78 Å². The van der Waals surface area contributed by atoms with Crippen LogP contribution in [0.25, 0.3) is 16.9 Å². The number of fused-ring (bicyclic) bond motifs is 1. The largest absolute Gasteiger partial charge is 0.442 e. The van der Waals surface area contributed by atoms with Crippen LogP contribution in [0.15, 0.2) is 42.6 Å². The summed E-state index contributed by atoms with van der Waals surface area (Å²) >= 11 is 0. The minimum absolute atomic E-state index is 0.102. The Balaban J connectivity index is 1.72. The molecular weight excluding hydrogens is 491 g/mol. The van der Waals surface area contributed by atoms with Gasteiger partial charge in [0, 0.05) is 29.8 Å². The lowest BCUT2D eigenvalue weighted by atomic mass is 10.0. The molecule has 0 saturated heterocycles. The number of hydrogen-bond donors (Lipinski definition) is 4. The first-order valence-electron chi connectivity index (χ1n) is 11.7. The van der Waals surface area contributed by atoms with Crippen LogP contribution >= 0.6 is 0 Å². The summed E-state index contributed by atoms with van der Waals surface area (Å²) in [5.74, 6) is -6.46. The molecule has 198 valence electrons. The number of anilines is 1. The lowest BCUT2D eigenvalue weighted by molar-refractivity contribution is -0.0353. The number of aliphatic hydroxyl groups is 2. The second-order valence-electron chi connectivity index (χ2n) is 9.66. The van der Waals surface area contributed by atoms with E-state index in [2.05, 4.69) is 20.7 Å². The molecule has 1 amide bonds. The molecule has 1 saturated carbocycles. The van der Waals surface area contributed by atoms with Crippen molar-refractivity contribution in [3.8, 4) is 17.1 Å². The molecule has 0 atom stereocenters. The normalized spacial score (nSPS) is 14.6. The number of rotatable bonds is 10. The zero-order valence-corrected chi connectivity index (χ0v) is 20.6. The Morgan fingerprint density at radius 2 is 2.03 bits per heavy atom. The van der Waals surface area contributed by atoms with E-state index in [1.54, 1.807) is 32.0 Å².